The van der Waals surface area contributed by atoms with Crippen LogP contribution in [0.4, 0.5) is 11.4 Å². The Labute approximate surface area is 175 Å². The molecule has 0 aromatic heterocycles. The summed E-state index contributed by atoms with van der Waals surface area (Å²) in [5.41, 5.74) is 2.43. The smallest absolute Gasteiger partial charge is 0.262 e. The van der Waals surface area contributed by atoms with Gasteiger partial charge in [-0.25, -0.2) is 0 Å². The first-order valence-electron chi connectivity index (χ1n) is 10.3. The van der Waals surface area contributed by atoms with Crippen LogP contribution in [0, 0.1) is 0 Å². The Morgan fingerprint density at radius 2 is 2.13 bits per heavy atom. The van der Waals surface area contributed by atoms with E-state index < -0.39 is 0 Å². The van der Waals surface area contributed by atoms with E-state index in [0.717, 1.165) is 29.8 Å². The Morgan fingerprint density at radius 3 is 2.90 bits per heavy atom. The number of nitrogens with one attached hydrogen (secondary N) is 1. The van der Waals surface area contributed by atoms with E-state index in [1.165, 1.54) is 0 Å². The van der Waals surface area contributed by atoms with Crippen LogP contribution in [0.2, 0.25) is 0 Å². The van der Waals surface area contributed by atoms with Gasteiger partial charge in [0.05, 0.1) is 12.3 Å². The lowest BCUT2D eigenvalue weighted by atomic mass is 10.1. The maximum Gasteiger partial charge on any atom is 0.262 e. The third-order valence-corrected chi connectivity index (χ3v) is 5.14. The lowest BCUT2D eigenvalue weighted by Crippen LogP contribution is -2.24. The first-order valence-corrected chi connectivity index (χ1v) is 10.3. The zero-order chi connectivity index (χ0) is 21.1. The number of ether oxygens (including phenoxy) is 3. The van der Waals surface area contributed by atoms with Crippen molar-refractivity contribution in [3.63, 3.8) is 0 Å². The number of fused-ring (bicyclic) bond motifs is 1. The molecule has 30 heavy (non-hydrogen) atoms. The van der Waals surface area contributed by atoms with Crippen molar-refractivity contribution in [1.82, 2.24) is 0 Å². The van der Waals surface area contributed by atoms with Crippen LogP contribution in [-0.4, -0.2) is 37.7 Å². The first kappa shape index (κ1) is 20.1. The normalized spacial score (nSPS) is 17.5. The van der Waals surface area contributed by atoms with Crippen molar-refractivity contribution in [2.45, 2.75) is 39.2 Å². The molecule has 0 aliphatic carbocycles. The molecule has 2 aromatic carbocycles. The quantitative estimate of drug-likeness (QED) is 0.755. The molecule has 0 saturated carbocycles. The molecule has 2 aliphatic heterocycles. The maximum absolute atomic E-state index is 12.5. The van der Waals surface area contributed by atoms with Crippen molar-refractivity contribution >= 4 is 23.2 Å². The van der Waals surface area contributed by atoms with E-state index in [1.54, 1.807) is 23.1 Å². The van der Waals surface area contributed by atoms with Gasteiger partial charge < -0.3 is 24.4 Å². The minimum atomic E-state index is -0.301. The molecule has 2 heterocycles. The van der Waals surface area contributed by atoms with Crippen LogP contribution in [0.1, 0.15) is 32.3 Å². The summed E-state index contributed by atoms with van der Waals surface area (Å²) in [5.74, 6) is 1.74. The van der Waals surface area contributed by atoms with Crippen LogP contribution in [0.5, 0.6) is 17.2 Å². The molecule has 1 fully saturated rings. The fourth-order valence-corrected chi connectivity index (χ4v) is 3.81. The number of carbonyl (C=O) groups is 2. The fraction of sp³-hybridized carbons (Fsp3) is 0.391. The van der Waals surface area contributed by atoms with Crippen LogP contribution in [0.3, 0.4) is 0 Å². The largest absolute Gasteiger partial charge is 0.492 e. The summed E-state index contributed by atoms with van der Waals surface area (Å²) in [6, 6.07) is 11.0. The summed E-state index contributed by atoms with van der Waals surface area (Å²) in [6.45, 7) is 4.96. The Balaban J connectivity index is 1.41. The summed E-state index contributed by atoms with van der Waals surface area (Å²) >= 11 is 0. The minimum absolute atomic E-state index is 0.110. The second-order valence-electron chi connectivity index (χ2n) is 7.50. The molecule has 2 amide bonds. The molecule has 1 atom stereocenters. The highest BCUT2D eigenvalue weighted by atomic mass is 16.5. The van der Waals surface area contributed by atoms with E-state index in [0.29, 0.717) is 36.8 Å². The molecule has 4 rings (SSSR count). The zero-order valence-electron chi connectivity index (χ0n) is 17.3. The van der Waals surface area contributed by atoms with E-state index in [4.69, 9.17) is 14.2 Å². The average molecular weight is 410 g/mol. The van der Waals surface area contributed by atoms with E-state index in [2.05, 4.69) is 5.32 Å². The van der Waals surface area contributed by atoms with E-state index >= 15 is 0 Å². The van der Waals surface area contributed by atoms with Crippen molar-refractivity contribution in [3.05, 3.63) is 42.0 Å². The summed E-state index contributed by atoms with van der Waals surface area (Å²) in [6.07, 6.45) is 2.36. The predicted octanol–water partition coefficient (Wildman–Crippen LogP) is 3.55. The second kappa shape index (κ2) is 8.65. The van der Waals surface area contributed by atoms with Gasteiger partial charge in [-0.2, -0.15) is 0 Å². The molecular weight excluding hydrogens is 384 g/mol. The third kappa shape index (κ3) is 4.35. The zero-order valence-corrected chi connectivity index (χ0v) is 17.3. The first-order chi connectivity index (χ1) is 14.5. The van der Waals surface area contributed by atoms with Gasteiger partial charge in [-0.15, -0.1) is 0 Å². The van der Waals surface area contributed by atoms with Crippen LogP contribution >= 0.6 is 0 Å². The van der Waals surface area contributed by atoms with Crippen molar-refractivity contribution < 1.29 is 23.8 Å². The highest BCUT2D eigenvalue weighted by Crippen LogP contribution is 2.38. The number of rotatable bonds is 7. The highest BCUT2D eigenvalue weighted by Gasteiger charge is 2.23. The Kier molecular flexibility index (Phi) is 5.79. The van der Waals surface area contributed by atoms with Gasteiger partial charge in [0.15, 0.2) is 6.61 Å². The number of nitrogens with zero attached hydrogens (tertiary/aromatic N) is 1. The van der Waals surface area contributed by atoms with Crippen LogP contribution in [0.15, 0.2) is 36.4 Å². The SMILES string of the molecule is CCOc1cc2c(cc1NC(=O)COc1cccc(N3CCCC3=O)c1)O[C@H](C)C2. The molecule has 7 heteroatoms. The molecule has 1 N–H and O–H groups in total. The number of benzene rings is 2. The number of anilines is 2. The van der Waals surface area contributed by atoms with Crippen LogP contribution in [-0.2, 0) is 16.0 Å². The summed E-state index contributed by atoms with van der Waals surface area (Å²) in [5, 5.41) is 2.85. The van der Waals surface area contributed by atoms with Gasteiger partial charge in [0.25, 0.3) is 5.91 Å². The standard InChI is InChI=1S/C23H26N2O5/c1-3-28-21-11-16-10-15(2)30-20(16)13-19(21)24-22(26)14-29-18-7-4-6-17(12-18)25-9-5-8-23(25)27/h4,6-7,11-13,15H,3,5,8-10,14H2,1-2H3,(H,24,26)/t15-/m1/s1. The molecular formula is C23H26N2O5. The molecule has 158 valence electrons. The molecule has 0 unspecified atom stereocenters. The van der Waals surface area contributed by atoms with E-state index in [9.17, 15) is 9.59 Å². The fourth-order valence-electron chi connectivity index (χ4n) is 3.81. The third-order valence-electron chi connectivity index (χ3n) is 5.14. The number of carbonyl (C=O) groups excluding carboxylic acids is 2. The van der Waals surface area contributed by atoms with Gasteiger partial charge in [-0.1, -0.05) is 6.07 Å². The van der Waals surface area contributed by atoms with Gasteiger partial charge in [-0.05, 0) is 38.5 Å². The lowest BCUT2D eigenvalue weighted by Gasteiger charge is -2.17. The molecule has 7 nitrogen and oxygen atoms in total. The lowest BCUT2D eigenvalue weighted by molar-refractivity contribution is -0.118. The van der Waals surface area contributed by atoms with Crippen molar-refractivity contribution in [2.75, 3.05) is 30.0 Å². The van der Waals surface area contributed by atoms with E-state index in [-0.39, 0.29) is 24.5 Å². The molecule has 2 aliphatic rings. The maximum atomic E-state index is 12.5. The van der Waals surface area contributed by atoms with Crippen molar-refractivity contribution in [1.29, 1.82) is 0 Å². The van der Waals surface area contributed by atoms with Crippen molar-refractivity contribution in [3.8, 4) is 17.2 Å². The van der Waals surface area contributed by atoms with Crippen molar-refractivity contribution in [2.24, 2.45) is 0 Å². The van der Waals surface area contributed by atoms with Crippen LogP contribution in [0.25, 0.3) is 0 Å². The second-order valence-corrected chi connectivity index (χ2v) is 7.50. The number of hydrogen-bond donors (Lipinski definition) is 1. The summed E-state index contributed by atoms with van der Waals surface area (Å²) in [4.78, 5) is 26.2. The highest BCUT2D eigenvalue weighted by molar-refractivity contribution is 5.95. The topological polar surface area (TPSA) is 77.1 Å². The monoisotopic (exact) mass is 410 g/mol. The summed E-state index contributed by atoms with van der Waals surface area (Å²) < 4.78 is 17.2. The van der Waals surface area contributed by atoms with Gasteiger partial charge in [-0.3, -0.25) is 9.59 Å². The number of amides is 2. The van der Waals surface area contributed by atoms with Gasteiger partial charge >= 0.3 is 0 Å². The van der Waals surface area contributed by atoms with Gasteiger partial charge in [0.2, 0.25) is 5.91 Å². The molecule has 0 bridgehead atoms. The van der Waals surface area contributed by atoms with E-state index in [1.807, 2.05) is 32.0 Å². The molecule has 2 aromatic rings. The summed E-state index contributed by atoms with van der Waals surface area (Å²) in [7, 11) is 0. The van der Waals surface area contributed by atoms with Crippen LogP contribution < -0.4 is 24.4 Å². The Bertz CT molecular complexity index is 959. The Morgan fingerprint density at radius 1 is 1.27 bits per heavy atom. The average Bonchev–Trinajstić information content (AvgIpc) is 3.31. The minimum Gasteiger partial charge on any atom is -0.492 e. The van der Waals surface area contributed by atoms with Gasteiger partial charge in [0.1, 0.15) is 23.4 Å². The molecule has 1 saturated heterocycles. The molecule has 0 radical (unpaired) electrons. The Hall–Kier alpha value is -3.22. The molecule has 0 spiro atoms. The predicted molar refractivity (Wildman–Crippen MR) is 114 cm³/mol. The van der Waals surface area contributed by atoms with Gasteiger partial charge in [0, 0.05) is 42.8 Å². The number of hydrogen-bond acceptors (Lipinski definition) is 5.